The predicted molar refractivity (Wildman–Crippen MR) is 90.3 cm³/mol. The van der Waals surface area contributed by atoms with Gasteiger partial charge in [-0.3, -0.25) is 4.98 Å². The van der Waals surface area contributed by atoms with E-state index in [1.165, 1.54) is 18.3 Å². The van der Waals surface area contributed by atoms with Gasteiger partial charge in [-0.15, -0.1) is 0 Å². The number of nitrogens with two attached hydrogens (primary N) is 1. The van der Waals surface area contributed by atoms with Gasteiger partial charge < -0.3 is 60.8 Å². The molecule has 10 atom stereocenters. The van der Waals surface area contributed by atoms with Gasteiger partial charge in [-0.25, -0.2) is 0 Å². The minimum atomic E-state index is -2.13. The lowest BCUT2D eigenvalue weighted by molar-refractivity contribution is -0.395. The van der Waals surface area contributed by atoms with Gasteiger partial charge in [-0.1, -0.05) is 0 Å². The number of aliphatic hydroxyl groups is 8. The SMILES string of the molecule is Nc1cccnc1[C@]1(CO)O[C@@H](O)[C@H](O)[C@H](O)[C@@H]1O[C@@H]1O[C@H](O)[C@@H](O)[C@H](O)[C@H]1O. The van der Waals surface area contributed by atoms with E-state index in [2.05, 4.69) is 4.98 Å². The molecule has 13 nitrogen and oxygen atoms in total. The molecular formula is C16H24N2O11. The molecule has 3 rings (SSSR count). The van der Waals surface area contributed by atoms with Gasteiger partial charge in [0.25, 0.3) is 0 Å². The third-order valence-electron chi connectivity index (χ3n) is 5.04. The molecule has 0 radical (unpaired) electrons. The van der Waals surface area contributed by atoms with E-state index in [1.807, 2.05) is 0 Å². The Morgan fingerprint density at radius 2 is 1.62 bits per heavy atom. The van der Waals surface area contributed by atoms with Crippen molar-refractivity contribution in [2.24, 2.45) is 0 Å². The summed E-state index contributed by atoms with van der Waals surface area (Å²) in [4.78, 5) is 4.01. The largest absolute Gasteiger partial charge is 0.397 e. The van der Waals surface area contributed by atoms with Gasteiger partial charge in [0.2, 0.25) is 0 Å². The number of aliphatic hydroxyl groups excluding tert-OH is 8. The summed E-state index contributed by atoms with van der Waals surface area (Å²) in [7, 11) is 0. The van der Waals surface area contributed by atoms with Crippen molar-refractivity contribution >= 4 is 5.69 Å². The van der Waals surface area contributed by atoms with Crippen LogP contribution in [0.4, 0.5) is 5.69 Å². The molecular weight excluding hydrogens is 396 g/mol. The molecule has 1 aromatic rings. The van der Waals surface area contributed by atoms with Crippen molar-refractivity contribution in [3.63, 3.8) is 0 Å². The Balaban J connectivity index is 2.01. The second-order valence-corrected chi connectivity index (χ2v) is 6.90. The summed E-state index contributed by atoms with van der Waals surface area (Å²) in [6.45, 7) is -0.948. The predicted octanol–water partition coefficient (Wildman–Crippen LogP) is -4.94. The number of hydrogen-bond donors (Lipinski definition) is 9. The van der Waals surface area contributed by atoms with E-state index in [0.29, 0.717) is 0 Å². The van der Waals surface area contributed by atoms with Gasteiger partial charge in [0.05, 0.1) is 12.3 Å². The number of nitrogens with zero attached hydrogens (tertiary/aromatic N) is 1. The Morgan fingerprint density at radius 1 is 0.966 bits per heavy atom. The molecule has 29 heavy (non-hydrogen) atoms. The van der Waals surface area contributed by atoms with E-state index in [9.17, 15) is 40.9 Å². The Bertz CT molecular complexity index is 711. The molecule has 0 amide bonds. The molecule has 2 aliphatic rings. The molecule has 0 saturated carbocycles. The third kappa shape index (κ3) is 3.71. The molecule has 0 bridgehead atoms. The van der Waals surface area contributed by atoms with Crippen LogP contribution in [0.15, 0.2) is 18.3 Å². The average molecular weight is 420 g/mol. The highest BCUT2D eigenvalue weighted by atomic mass is 16.8. The van der Waals surface area contributed by atoms with Crippen LogP contribution in [0.2, 0.25) is 0 Å². The Labute approximate surface area is 164 Å². The van der Waals surface area contributed by atoms with Gasteiger partial charge in [-0.05, 0) is 12.1 Å². The van der Waals surface area contributed by atoms with E-state index < -0.39 is 67.7 Å². The van der Waals surface area contributed by atoms with Crippen molar-refractivity contribution in [3.8, 4) is 0 Å². The van der Waals surface area contributed by atoms with Gasteiger partial charge in [-0.2, -0.15) is 0 Å². The Hall–Kier alpha value is -1.49. The molecule has 10 N–H and O–H groups in total. The molecule has 2 aliphatic heterocycles. The number of pyridine rings is 1. The van der Waals surface area contributed by atoms with Crippen LogP contribution in [0, 0.1) is 0 Å². The maximum atomic E-state index is 10.5. The molecule has 0 spiro atoms. The van der Waals surface area contributed by atoms with E-state index in [4.69, 9.17) is 19.9 Å². The second-order valence-electron chi connectivity index (χ2n) is 6.90. The maximum Gasteiger partial charge on any atom is 0.189 e. The molecule has 2 saturated heterocycles. The highest BCUT2D eigenvalue weighted by Gasteiger charge is 2.59. The molecule has 13 heteroatoms. The van der Waals surface area contributed by atoms with Crippen LogP contribution in [0.3, 0.4) is 0 Å². The Kier molecular flexibility index (Phi) is 6.38. The normalized spacial score (nSPS) is 45.9. The fourth-order valence-corrected chi connectivity index (χ4v) is 3.42. The van der Waals surface area contributed by atoms with Crippen molar-refractivity contribution in [2.45, 2.75) is 61.1 Å². The minimum Gasteiger partial charge on any atom is -0.397 e. The summed E-state index contributed by atoms with van der Waals surface area (Å²) in [5.74, 6) is 0. The van der Waals surface area contributed by atoms with Crippen molar-refractivity contribution in [3.05, 3.63) is 24.0 Å². The third-order valence-corrected chi connectivity index (χ3v) is 5.04. The van der Waals surface area contributed by atoms with Gasteiger partial charge in [0.15, 0.2) is 24.5 Å². The highest BCUT2D eigenvalue weighted by Crippen LogP contribution is 2.42. The standard InChI is InChI=1S/C16H24N2O11/c17-5-2-1-3-18-11(5)16(4-19)12(7(21)9(23)14(26)29-16)27-15-10(24)6(20)8(22)13(25)28-15/h1-3,6-10,12-15,19-26H,4,17H2/t6-,7-,8-,9+,10+,12-,13-,14+,15+,16-/m0/s1. The number of aromatic nitrogens is 1. The summed E-state index contributed by atoms with van der Waals surface area (Å²) in [5.41, 5.74) is 3.61. The van der Waals surface area contributed by atoms with Crippen molar-refractivity contribution in [1.29, 1.82) is 0 Å². The molecule has 0 aliphatic carbocycles. The number of hydrogen-bond acceptors (Lipinski definition) is 13. The number of ether oxygens (including phenoxy) is 3. The van der Waals surface area contributed by atoms with E-state index in [1.54, 1.807) is 0 Å². The average Bonchev–Trinajstić information content (AvgIpc) is 2.71. The van der Waals surface area contributed by atoms with Crippen LogP contribution in [-0.4, -0.2) is 108 Å². The molecule has 1 aromatic heterocycles. The maximum absolute atomic E-state index is 10.5. The van der Waals surface area contributed by atoms with Crippen molar-refractivity contribution in [1.82, 2.24) is 4.98 Å². The second kappa shape index (κ2) is 8.33. The first kappa shape index (κ1) is 22.2. The van der Waals surface area contributed by atoms with Crippen LogP contribution in [-0.2, 0) is 19.8 Å². The van der Waals surface area contributed by atoms with Crippen LogP contribution in [0.5, 0.6) is 0 Å². The Morgan fingerprint density at radius 3 is 2.24 bits per heavy atom. The summed E-state index contributed by atoms with van der Waals surface area (Å²) in [6, 6.07) is 2.88. The zero-order chi connectivity index (χ0) is 21.5. The first-order chi connectivity index (χ1) is 13.6. The number of nitrogen functional groups attached to an aromatic ring is 1. The molecule has 3 heterocycles. The first-order valence-electron chi connectivity index (χ1n) is 8.71. The monoisotopic (exact) mass is 420 g/mol. The summed E-state index contributed by atoms with van der Waals surface area (Å²) in [5, 5.41) is 79.9. The van der Waals surface area contributed by atoms with Crippen molar-refractivity contribution < 1.29 is 55.1 Å². The van der Waals surface area contributed by atoms with Gasteiger partial charge in [0, 0.05) is 6.20 Å². The van der Waals surface area contributed by atoms with Gasteiger partial charge in [0.1, 0.15) is 42.3 Å². The molecule has 164 valence electrons. The van der Waals surface area contributed by atoms with E-state index in [-0.39, 0.29) is 11.4 Å². The van der Waals surface area contributed by atoms with Gasteiger partial charge >= 0.3 is 0 Å². The summed E-state index contributed by atoms with van der Waals surface area (Å²) in [6.07, 6.45) is -15.6. The van der Waals surface area contributed by atoms with Crippen LogP contribution < -0.4 is 5.73 Å². The fraction of sp³-hybridized carbons (Fsp3) is 0.688. The zero-order valence-electron chi connectivity index (χ0n) is 15.0. The summed E-state index contributed by atoms with van der Waals surface area (Å²) < 4.78 is 15.8. The zero-order valence-corrected chi connectivity index (χ0v) is 15.0. The minimum absolute atomic E-state index is 0.00783. The fourth-order valence-electron chi connectivity index (χ4n) is 3.42. The first-order valence-corrected chi connectivity index (χ1v) is 8.71. The topological polar surface area (TPSA) is 228 Å². The quantitative estimate of drug-likeness (QED) is 0.223. The van der Waals surface area contributed by atoms with E-state index in [0.717, 1.165) is 0 Å². The molecule has 0 aromatic carbocycles. The highest BCUT2D eigenvalue weighted by molar-refractivity contribution is 5.46. The lowest BCUT2D eigenvalue weighted by Crippen LogP contribution is -2.68. The number of anilines is 1. The number of rotatable bonds is 4. The van der Waals surface area contributed by atoms with Crippen LogP contribution in [0.25, 0.3) is 0 Å². The molecule has 2 fully saturated rings. The lowest BCUT2D eigenvalue weighted by atomic mass is 9.83. The van der Waals surface area contributed by atoms with Crippen molar-refractivity contribution in [2.75, 3.05) is 12.3 Å². The van der Waals surface area contributed by atoms with E-state index >= 15 is 0 Å². The lowest BCUT2D eigenvalue weighted by Gasteiger charge is -2.50. The van der Waals surface area contributed by atoms with Crippen LogP contribution >= 0.6 is 0 Å². The van der Waals surface area contributed by atoms with Crippen LogP contribution in [0.1, 0.15) is 5.69 Å². The summed E-state index contributed by atoms with van der Waals surface area (Å²) >= 11 is 0. The molecule has 0 unspecified atom stereocenters. The smallest absolute Gasteiger partial charge is 0.189 e.